The van der Waals surface area contributed by atoms with E-state index >= 15 is 0 Å². The fourth-order valence-electron chi connectivity index (χ4n) is 1.63. The van der Waals surface area contributed by atoms with E-state index in [0.29, 0.717) is 17.4 Å². The maximum Gasteiger partial charge on any atom is 0.326 e. The van der Waals surface area contributed by atoms with Crippen LogP contribution in [0.5, 0.6) is 0 Å². The first kappa shape index (κ1) is 13.8. The van der Waals surface area contributed by atoms with E-state index in [-0.39, 0.29) is 0 Å². The van der Waals surface area contributed by atoms with Gasteiger partial charge in [0.25, 0.3) is 0 Å². The van der Waals surface area contributed by atoms with Crippen molar-refractivity contribution in [3.05, 3.63) is 28.8 Å². The van der Waals surface area contributed by atoms with Gasteiger partial charge in [-0.15, -0.1) is 0 Å². The number of benzene rings is 1. The molecule has 0 aromatic heterocycles. The molecule has 0 radical (unpaired) electrons. The molecule has 1 atom stereocenters. The predicted octanol–water partition coefficient (Wildman–Crippen LogP) is 3.56. The van der Waals surface area contributed by atoms with E-state index in [1.165, 1.54) is 0 Å². The first-order valence-corrected chi connectivity index (χ1v) is 6.03. The Kier molecular flexibility index (Phi) is 4.82. The van der Waals surface area contributed by atoms with Crippen molar-refractivity contribution in [2.45, 2.75) is 33.2 Å². The molecule has 94 valence electrons. The highest BCUT2D eigenvalue weighted by Crippen LogP contribution is 2.22. The number of rotatable bonds is 5. The Morgan fingerprint density at radius 3 is 2.65 bits per heavy atom. The van der Waals surface area contributed by atoms with Gasteiger partial charge in [-0.25, -0.2) is 4.79 Å². The number of aliphatic carboxylic acids is 1. The molecule has 0 aliphatic rings. The van der Waals surface area contributed by atoms with Gasteiger partial charge in [0.1, 0.15) is 6.04 Å². The summed E-state index contributed by atoms with van der Waals surface area (Å²) in [5.41, 5.74) is 1.77. The molecule has 0 fully saturated rings. The van der Waals surface area contributed by atoms with Crippen molar-refractivity contribution in [2.75, 3.05) is 5.32 Å². The molecule has 1 unspecified atom stereocenters. The van der Waals surface area contributed by atoms with Crippen molar-refractivity contribution in [2.24, 2.45) is 5.92 Å². The molecule has 0 amide bonds. The van der Waals surface area contributed by atoms with Gasteiger partial charge in [-0.2, -0.15) is 0 Å². The second-order valence-corrected chi connectivity index (χ2v) is 5.06. The van der Waals surface area contributed by atoms with Gasteiger partial charge < -0.3 is 10.4 Å². The Bertz CT molecular complexity index is 404. The molecular formula is C13H18ClNO2. The number of nitrogens with one attached hydrogen (secondary N) is 1. The van der Waals surface area contributed by atoms with Crippen LogP contribution in [0.3, 0.4) is 0 Å². The average Bonchev–Trinajstić information content (AvgIpc) is 2.21. The fourth-order valence-corrected chi connectivity index (χ4v) is 1.80. The second-order valence-electron chi connectivity index (χ2n) is 4.62. The van der Waals surface area contributed by atoms with Crippen LogP contribution in [0, 0.1) is 12.8 Å². The maximum atomic E-state index is 11.1. The molecule has 0 spiro atoms. The lowest BCUT2D eigenvalue weighted by molar-refractivity contribution is -0.138. The molecule has 3 nitrogen and oxygen atoms in total. The van der Waals surface area contributed by atoms with Crippen molar-refractivity contribution in [1.29, 1.82) is 0 Å². The zero-order valence-electron chi connectivity index (χ0n) is 10.3. The number of hydrogen-bond acceptors (Lipinski definition) is 2. The highest BCUT2D eigenvalue weighted by atomic mass is 35.5. The summed E-state index contributed by atoms with van der Waals surface area (Å²) in [6.45, 7) is 5.93. The Morgan fingerprint density at radius 1 is 1.47 bits per heavy atom. The quantitative estimate of drug-likeness (QED) is 0.846. The van der Waals surface area contributed by atoms with Crippen LogP contribution in [0.2, 0.25) is 5.02 Å². The third-order valence-electron chi connectivity index (χ3n) is 2.53. The van der Waals surface area contributed by atoms with Crippen LogP contribution in [0.25, 0.3) is 0 Å². The van der Waals surface area contributed by atoms with Crippen molar-refractivity contribution in [3.63, 3.8) is 0 Å². The molecule has 1 aromatic rings. The van der Waals surface area contributed by atoms with Crippen LogP contribution in [0.1, 0.15) is 25.8 Å². The Hall–Kier alpha value is -1.22. The van der Waals surface area contributed by atoms with Gasteiger partial charge in [0, 0.05) is 10.7 Å². The van der Waals surface area contributed by atoms with Crippen LogP contribution >= 0.6 is 11.6 Å². The number of carbonyl (C=O) groups is 1. The minimum atomic E-state index is -0.835. The van der Waals surface area contributed by atoms with Crippen LogP contribution in [-0.2, 0) is 4.79 Å². The van der Waals surface area contributed by atoms with E-state index in [0.717, 1.165) is 11.3 Å². The molecule has 0 aliphatic heterocycles. The highest BCUT2D eigenvalue weighted by Gasteiger charge is 2.19. The minimum absolute atomic E-state index is 0.322. The first-order chi connectivity index (χ1) is 7.90. The molecule has 4 heteroatoms. The minimum Gasteiger partial charge on any atom is -0.480 e. The lowest BCUT2D eigenvalue weighted by Gasteiger charge is -2.19. The summed E-state index contributed by atoms with van der Waals surface area (Å²) in [5.74, 6) is -0.513. The first-order valence-electron chi connectivity index (χ1n) is 5.65. The summed E-state index contributed by atoms with van der Waals surface area (Å²) in [7, 11) is 0. The molecule has 1 aromatic carbocycles. The average molecular weight is 256 g/mol. The molecule has 0 heterocycles. The SMILES string of the molecule is Cc1ccc(Cl)cc1NC(CC(C)C)C(=O)O. The largest absolute Gasteiger partial charge is 0.480 e. The van der Waals surface area contributed by atoms with Crippen molar-refractivity contribution in [1.82, 2.24) is 0 Å². The van der Waals surface area contributed by atoms with E-state index in [4.69, 9.17) is 16.7 Å². The van der Waals surface area contributed by atoms with Crippen LogP contribution < -0.4 is 5.32 Å². The summed E-state index contributed by atoms with van der Waals surface area (Å²) in [4.78, 5) is 11.1. The summed E-state index contributed by atoms with van der Waals surface area (Å²) in [6.07, 6.45) is 0.585. The van der Waals surface area contributed by atoms with Crippen LogP contribution in [0.4, 0.5) is 5.69 Å². The van der Waals surface area contributed by atoms with E-state index in [9.17, 15) is 4.79 Å². The number of aryl methyl sites for hydroxylation is 1. The second kappa shape index (κ2) is 5.92. The van der Waals surface area contributed by atoms with Gasteiger partial charge >= 0.3 is 5.97 Å². The lowest BCUT2D eigenvalue weighted by Crippen LogP contribution is -2.31. The van der Waals surface area contributed by atoms with E-state index < -0.39 is 12.0 Å². The number of halogens is 1. The molecule has 0 aliphatic carbocycles. The van der Waals surface area contributed by atoms with Crippen molar-refractivity contribution in [3.8, 4) is 0 Å². The Morgan fingerprint density at radius 2 is 2.12 bits per heavy atom. The van der Waals surface area contributed by atoms with Gasteiger partial charge in [-0.1, -0.05) is 31.5 Å². The van der Waals surface area contributed by atoms with E-state index in [1.807, 2.05) is 26.8 Å². The summed E-state index contributed by atoms with van der Waals surface area (Å²) < 4.78 is 0. The molecule has 0 bridgehead atoms. The standard InChI is InChI=1S/C13H18ClNO2/c1-8(2)6-12(13(16)17)15-11-7-10(14)5-4-9(11)3/h4-5,7-8,12,15H,6H2,1-3H3,(H,16,17). The molecule has 17 heavy (non-hydrogen) atoms. The van der Waals surface area contributed by atoms with Crippen molar-refractivity contribution >= 4 is 23.3 Å². The van der Waals surface area contributed by atoms with E-state index in [2.05, 4.69) is 5.32 Å². The Labute approximate surface area is 107 Å². The maximum absolute atomic E-state index is 11.1. The summed E-state index contributed by atoms with van der Waals surface area (Å²) in [6, 6.07) is 4.85. The van der Waals surface area contributed by atoms with Crippen LogP contribution in [-0.4, -0.2) is 17.1 Å². The van der Waals surface area contributed by atoms with Gasteiger partial charge in [0.2, 0.25) is 0 Å². The van der Waals surface area contributed by atoms with Gasteiger partial charge in [0.15, 0.2) is 0 Å². The van der Waals surface area contributed by atoms with Gasteiger partial charge in [-0.3, -0.25) is 0 Å². The highest BCUT2D eigenvalue weighted by molar-refractivity contribution is 6.30. The van der Waals surface area contributed by atoms with Gasteiger partial charge in [0.05, 0.1) is 0 Å². The monoisotopic (exact) mass is 255 g/mol. The Balaban J connectivity index is 2.85. The number of anilines is 1. The normalized spacial score (nSPS) is 12.5. The molecule has 1 rings (SSSR count). The molecule has 0 saturated heterocycles. The van der Waals surface area contributed by atoms with E-state index in [1.54, 1.807) is 12.1 Å². The smallest absolute Gasteiger partial charge is 0.326 e. The third-order valence-corrected chi connectivity index (χ3v) is 2.77. The molecule has 2 N–H and O–H groups in total. The topological polar surface area (TPSA) is 49.3 Å². The number of hydrogen-bond donors (Lipinski definition) is 2. The van der Waals surface area contributed by atoms with Crippen molar-refractivity contribution < 1.29 is 9.90 Å². The summed E-state index contributed by atoms with van der Waals surface area (Å²) >= 11 is 5.90. The number of carboxylic acid groups (broad SMARTS) is 1. The lowest BCUT2D eigenvalue weighted by atomic mass is 10.0. The summed E-state index contributed by atoms with van der Waals surface area (Å²) in [5, 5.41) is 12.8. The zero-order chi connectivity index (χ0) is 13.0. The fraction of sp³-hybridized carbons (Fsp3) is 0.462. The molecule has 0 saturated carbocycles. The third kappa shape index (κ3) is 4.27. The predicted molar refractivity (Wildman–Crippen MR) is 70.7 cm³/mol. The zero-order valence-corrected chi connectivity index (χ0v) is 11.1. The molecular weight excluding hydrogens is 238 g/mol. The number of carboxylic acids is 1. The van der Waals surface area contributed by atoms with Crippen LogP contribution in [0.15, 0.2) is 18.2 Å². The van der Waals surface area contributed by atoms with Gasteiger partial charge in [-0.05, 0) is 37.0 Å².